The average Bonchev–Trinajstić information content (AvgIpc) is 3.51. The normalized spacial score (nSPS) is 11.9. The number of hydrogen-bond acceptors (Lipinski definition) is 6. The highest BCUT2D eigenvalue weighted by Gasteiger charge is 2.19. The molecule has 1 unspecified atom stereocenters. The van der Waals surface area contributed by atoms with Gasteiger partial charge in [-0.25, -0.2) is 9.37 Å². The number of thiazole rings is 1. The summed E-state index contributed by atoms with van der Waals surface area (Å²) in [5.41, 5.74) is 2.48. The number of aromatic nitrogens is 1. The molecule has 0 aliphatic heterocycles. The number of amides is 3. The number of benzene rings is 4. The van der Waals surface area contributed by atoms with Crippen LogP contribution in [0.2, 0.25) is 10.0 Å². The molecule has 12 heteroatoms. The van der Waals surface area contributed by atoms with Crippen molar-refractivity contribution in [1.29, 1.82) is 0 Å². The van der Waals surface area contributed by atoms with E-state index in [9.17, 15) is 18.8 Å². The minimum absolute atomic E-state index is 0.0712. The van der Waals surface area contributed by atoms with Crippen LogP contribution in [0.25, 0.3) is 17.3 Å². The number of thioether (sulfide) groups is 1. The first-order valence-corrected chi connectivity index (χ1v) is 16.3. The van der Waals surface area contributed by atoms with Crippen molar-refractivity contribution in [3.05, 3.63) is 135 Å². The molecular weight excluding hydrogens is 666 g/mol. The quantitative estimate of drug-likeness (QED) is 0.100. The maximum absolute atomic E-state index is 13.5. The van der Waals surface area contributed by atoms with Crippen LogP contribution < -0.4 is 16.0 Å². The zero-order valence-corrected chi connectivity index (χ0v) is 27.2. The average molecular weight is 692 g/mol. The molecule has 0 fully saturated rings. The number of nitrogens with one attached hydrogen (secondary N) is 3. The van der Waals surface area contributed by atoms with Crippen LogP contribution in [0.1, 0.15) is 22.8 Å². The van der Waals surface area contributed by atoms with Crippen LogP contribution >= 0.6 is 46.3 Å². The molecule has 0 saturated heterocycles. The fourth-order valence-electron chi connectivity index (χ4n) is 4.13. The summed E-state index contributed by atoms with van der Waals surface area (Å²) in [5.74, 6) is -1.69. The first kappa shape index (κ1) is 32.9. The minimum atomic E-state index is -0.603. The Hall–Kier alpha value is -4.48. The highest BCUT2D eigenvalue weighted by molar-refractivity contribution is 8.00. The molecule has 0 saturated carbocycles. The summed E-state index contributed by atoms with van der Waals surface area (Å²) < 4.78 is 13.3. The van der Waals surface area contributed by atoms with E-state index in [-0.39, 0.29) is 17.4 Å². The van der Waals surface area contributed by atoms with Gasteiger partial charge in [-0.05, 0) is 79.7 Å². The molecule has 0 bridgehead atoms. The van der Waals surface area contributed by atoms with Crippen molar-refractivity contribution in [2.24, 2.45) is 0 Å². The van der Waals surface area contributed by atoms with Crippen LogP contribution in [0.15, 0.2) is 113 Å². The van der Waals surface area contributed by atoms with Crippen LogP contribution in [0, 0.1) is 5.82 Å². The fourth-order valence-corrected chi connectivity index (χ4v) is 6.29. The highest BCUT2D eigenvalue weighted by Crippen LogP contribution is 2.30. The van der Waals surface area contributed by atoms with Crippen LogP contribution in [0.5, 0.6) is 0 Å². The van der Waals surface area contributed by atoms with Gasteiger partial charge in [0.15, 0.2) is 5.13 Å². The standard InChI is InChI=1S/C34H25Cl2FN4O3S2/c1-20(31(42)41-34-40-30(19-45-34)21-13-15-23(37)16-14-21)46-25-10-5-9-24(17-25)38-33(44)29(18-26-27(35)11-6-12-28(26)36)39-32(43)22-7-3-2-4-8-22/h2-20H,1H3,(H,38,44)(H,39,43)(H,40,41,42)/b29-18+. The lowest BCUT2D eigenvalue weighted by Gasteiger charge is -2.14. The van der Waals surface area contributed by atoms with Crippen LogP contribution in [0.3, 0.4) is 0 Å². The number of halogens is 3. The van der Waals surface area contributed by atoms with Crippen molar-refractivity contribution in [3.63, 3.8) is 0 Å². The molecule has 232 valence electrons. The van der Waals surface area contributed by atoms with Gasteiger partial charge in [-0.3, -0.25) is 14.4 Å². The third-order valence-corrected chi connectivity index (χ3v) is 8.98. The Kier molecular flexibility index (Phi) is 10.9. The van der Waals surface area contributed by atoms with Crippen molar-refractivity contribution in [2.45, 2.75) is 17.1 Å². The number of rotatable bonds is 10. The molecule has 1 aromatic heterocycles. The Morgan fingerprint density at radius 3 is 2.30 bits per heavy atom. The van der Waals surface area contributed by atoms with Crippen molar-refractivity contribution in [2.75, 3.05) is 10.6 Å². The van der Waals surface area contributed by atoms with E-state index in [1.54, 1.807) is 91.2 Å². The predicted molar refractivity (Wildman–Crippen MR) is 185 cm³/mol. The molecule has 4 aromatic carbocycles. The Balaban J connectivity index is 1.27. The molecule has 1 atom stereocenters. The molecule has 0 spiro atoms. The van der Waals surface area contributed by atoms with Gasteiger partial charge in [0.25, 0.3) is 11.8 Å². The van der Waals surface area contributed by atoms with E-state index < -0.39 is 17.1 Å². The van der Waals surface area contributed by atoms with Gasteiger partial charge < -0.3 is 16.0 Å². The van der Waals surface area contributed by atoms with Gasteiger partial charge in [0.05, 0.1) is 10.9 Å². The van der Waals surface area contributed by atoms with Gasteiger partial charge >= 0.3 is 0 Å². The van der Waals surface area contributed by atoms with E-state index in [1.807, 2.05) is 6.07 Å². The summed E-state index contributed by atoms with van der Waals surface area (Å²) in [5, 5.41) is 10.6. The van der Waals surface area contributed by atoms with Crippen LogP contribution in [-0.2, 0) is 9.59 Å². The zero-order chi connectivity index (χ0) is 32.6. The molecule has 5 rings (SSSR count). The fraction of sp³-hybridized carbons (Fsp3) is 0.0588. The van der Waals surface area contributed by atoms with E-state index in [1.165, 1.54) is 41.3 Å². The second-order valence-electron chi connectivity index (χ2n) is 9.79. The van der Waals surface area contributed by atoms with Crippen molar-refractivity contribution in [1.82, 2.24) is 10.3 Å². The third kappa shape index (κ3) is 8.61. The molecular formula is C34H25Cl2FN4O3S2. The Morgan fingerprint density at radius 1 is 0.891 bits per heavy atom. The third-order valence-electron chi connectivity index (χ3n) is 6.47. The van der Waals surface area contributed by atoms with Gasteiger partial charge in [0.2, 0.25) is 5.91 Å². The Labute approximate surface area is 282 Å². The van der Waals surface area contributed by atoms with Gasteiger partial charge in [-0.2, -0.15) is 0 Å². The smallest absolute Gasteiger partial charge is 0.272 e. The minimum Gasteiger partial charge on any atom is -0.321 e. The number of anilines is 2. The SMILES string of the molecule is CC(Sc1cccc(NC(=O)/C(=C\c2c(Cl)cccc2Cl)NC(=O)c2ccccc2)c1)C(=O)Nc1nc(-c2ccc(F)cc2)cs1. The first-order valence-electron chi connectivity index (χ1n) is 13.8. The van der Waals surface area contributed by atoms with Gasteiger partial charge in [-0.1, -0.05) is 53.5 Å². The van der Waals surface area contributed by atoms with Crippen molar-refractivity contribution >= 4 is 80.9 Å². The van der Waals surface area contributed by atoms with E-state index in [2.05, 4.69) is 20.9 Å². The number of hydrogen-bond donors (Lipinski definition) is 3. The summed E-state index contributed by atoms with van der Waals surface area (Å²) in [7, 11) is 0. The van der Waals surface area contributed by atoms with E-state index >= 15 is 0 Å². The van der Waals surface area contributed by atoms with Crippen molar-refractivity contribution in [3.8, 4) is 11.3 Å². The number of carbonyl (C=O) groups is 3. The summed E-state index contributed by atoms with van der Waals surface area (Å²) in [6, 6.07) is 26.4. The molecule has 46 heavy (non-hydrogen) atoms. The molecule has 7 nitrogen and oxygen atoms in total. The molecule has 3 N–H and O–H groups in total. The predicted octanol–water partition coefficient (Wildman–Crippen LogP) is 8.78. The summed E-state index contributed by atoms with van der Waals surface area (Å²) >= 11 is 15.3. The first-order chi connectivity index (χ1) is 22.2. The monoisotopic (exact) mass is 690 g/mol. The molecule has 0 aliphatic carbocycles. The maximum atomic E-state index is 13.5. The summed E-state index contributed by atoms with van der Waals surface area (Å²) in [6.07, 6.45) is 1.42. The van der Waals surface area contributed by atoms with Crippen LogP contribution in [0.4, 0.5) is 15.2 Å². The van der Waals surface area contributed by atoms with E-state index in [4.69, 9.17) is 23.2 Å². The Morgan fingerprint density at radius 2 is 1.59 bits per heavy atom. The molecule has 3 amide bonds. The molecule has 5 aromatic rings. The molecule has 0 radical (unpaired) electrons. The molecule has 1 heterocycles. The van der Waals surface area contributed by atoms with Crippen LogP contribution in [-0.4, -0.2) is 28.0 Å². The second kappa shape index (κ2) is 15.2. The van der Waals surface area contributed by atoms with E-state index in [0.29, 0.717) is 37.7 Å². The lowest BCUT2D eigenvalue weighted by Crippen LogP contribution is -2.30. The number of carbonyl (C=O) groups excluding carboxylic acids is 3. The number of nitrogens with zero attached hydrogens (tertiary/aromatic N) is 1. The highest BCUT2D eigenvalue weighted by atomic mass is 35.5. The van der Waals surface area contributed by atoms with E-state index in [0.717, 1.165) is 10.5 Å². The lowest BCUT2D eigenvalue weighted by atomic mass is 10.1. The van der Waals surface area contributed by atoms with Gasteiger partial charge in [0, 0.05) is 42.7 Å². The zero-order valence-electron chi connectivity index (χ0n) is 24.1. The molecule has 0 aliphatic rings. The topological polar surface area (TPSA) is 100 Å². The second-order valence-corrected chi connectivity index (χ2v) is 12.9. The lowest BCUT2D eigenvalue weighted by molar-refractivity contribution is -0.115. The summed E-state index contributed by atoms with van der Waals surface area (Å²) in [6.45, 7) is 1.76. The van der Waals surface area contributed by atoms with Gasteiger partial charge in [0.1, 0.15) is 11.5 Å². The maximum Gasteiger partial charge on any atom is 0.272 e. The summed E-state index contributed by atoms with van der Waals surface area (Å²) in [4.78, 5) is 44.6. The largest absolute Gasteiger partial charge is 0.321 e. The van der Waals surface area contributed by atoms with Crippen molar-refractivity contribution < 1.29 is 18.8 Å². The Bertz CT molecular complexity index is 1900. The van der Waals surface area contributed by atoms with Gasteiger partial charge in [-0.15, -0.1) is 23.1 Å².